The predicted molar refractivity (Wildman–Crippen MR) is 112 cm³/mol. The highest BCUT2D eigenvalue weighted by atomic mass is 16.1. The molecule has 1 spiro atoms. The third kappa shape index (κ3) is 5.12. The molecule has 27 heavy (non-hydrogen) atoms. The molecular formula is C22H40N4O. The Labute approximate surface area is 166 Å². The van der Waals surface area contributed by atoms with Crippen molar-refractivity contribution in [2.45, 2.75) is 65.0 Å². The van der Waals surface area contributed by atoms with E-state index >= 15 is 0 Å². The van der Waals surface area contributed by atoms with Crippen molar-refractivity contribution in [1.82, 2.24) is 20.0 Å². The number of piperidine rings is 1. The SMILES string of the molecule is C=C(C)C(=O)NC1CCC12CCN(CCCN1CCN(C(C)C)CC1)CC2. The maximum absolute atomic E-state index is 12.0. The lowest BCUT2D eigenvalue weighted by molar-refractivity contribution is -0.121. The van der Waals surface area contributed by atoms with Crippen molar-refractivity contribution in [1.29, 1.82) is 0 Å². The summed E-state index contributed by atoms with van der Waals surface area (Å²) in [4.78, 5) is 19.8. The maximum Gasteiger partial charge on any atom is 0.246 e. The number of carbonyl (C=O) groups excluding carboxylic acids is 1. The van der Waals surface area contributed by atoms with Gasteiger partial charge in [0.15, 0.2) is 0 Å². The van der Waals surface area contributed by atoms with Gasteiger partial charge in [0, 0.05) is 43.8 Å². The molecule has 1 aliphatic carbocycles. The van der Waals surface area contributed by atoms with Crippen LogP contribution in [0.15, 0.2) is 12.2 Å². The monoisotopic (exact) mass is 376 g/mol. The zero-order valence-electron chi connectivity index (χ0n) is 17.8. The molecule has 154 valence electrons. The van der Waals surface area contributed by atoms with Crippen LogP contribution in [0, 0.1) is 5.41 Å². The second-order valence-electron chi connectivity index (χ2n) is 9.37. The molecule has 0 aromatic carbocycles. The van der Waals surface area contributed by atoms with Gasteiger partial charge >= 0.3 is 0 Å². The van der Waals surface area contributed by atoms with E-state index in [1.807, 2.05) is 0 Å². The van der Waals surface area contributed by atoms with Crippen LogP contribution in [0.5, 0.6) is 0 Å². The minimum atomic E-state index is 0.0408. The van der Waals surface area contributed by atoms with E-state index in [1.54, 1.807) is 6.92 Å². The minimum Gasteiger partial charge on any atom is -0.349 e. The lowest BCUT2D eigenvalue weighted by Crippen LogP contribution is -2.59. The molecular weight excluding hydrogens is 336 g/mol. The van der Waals surface area contributed by atoms with Crippen LogP contribution >= 0.6 is 0 Å². The van der Waals surface area contributed by atoms with Crippen LogP contribution in [-0.4, -0.2) is 85.0 Å². The Hall–Kier alpha value is -0.910. The molecule has 1 saturated carbocycles. The highest BCUT2D eigenvalue weighted by Gasteiger charge is 2.48. The van der Waals surface area contributed by atoms with E-state index in [0.717, 1.165) is 6.42 Å². The van der Waals surface area contributed by atoms with Gasteiger partial charge in [-0.05, 0) is 84.5 Å². The third-order valence-corrected chi connectivity index (χ3v) is 7.30. The van der Waals surface area contributed by atoms with Crippen LogP contribution in [-0.2, 0) is 4.79 Å². The van der Waals surface area contributed by atoms with E-state index in [2.05, 4.69) is 40.4 Å². The molecule has 5 heteroatoms. The van der Waals surface area contributed by atoms with Gasteiger partial charge in [-0.2, -0.15) is 0 Å². The van der Waals surface area contributed by atoms with E-state index in [-0.39, 0.29) is 5.91 Å². The van der Waals surface area contributed by atoms with Crippen molar-refractivity contribution >= 4 is 5.91 Å². The molecule has 3 fully saturated rings. The number of rotatable bonds is 7. The first-order valence-corrected chi connectivity index (χ1v) is 11.0. The fraction of sp³-hybridized carbons (Fsp3) is 0.864. The summed E-state index contributed by atoms with van der Waals surface area (Å²) >= 11 is 0. The van der Waals surface area contributed by atoms with E-state index in [4.69, 9.17) is 0 Å². The average Bonchev–Trinajstić information content (AvgIpc) is 2.66. The quantitative estimate of drug-likeness (QED) is 0.692. The van der Waals surface area contributed by atoms with Crippen molar-refractivity contribution in [3.63, 3.8) is 0 Å². The molecule has 1 atom stereocenters. The second-order valence-corrected chi connectivity index (χ2v) is 9.37. The van der Waals surface area contributed by atoms with Crippen LogP contribution < -0.4 is 5.32 Å². The molecule has 0 radical (unpaired) electrons. The van der Waals surface area contributed by atoms with Gasteiger partial charge in [-0.25, -0.2) is 0 Å². The number of nitrogens with one attached hydrogen (secondary N) is 1. The third-order valence-electron chi connectivity index (χ3n) is 7.30. The zero-order chi connectivity index (χ0) is 19.4. The van der Waals surface area contributed by atoms with Crippen molar-refractivity contribution in [2.75, 3.05) is 52.4 Å². The summed E-state index contributed by atoms with van der Waals surface area (Å²) in [6, 6.07) is 1.06. The highest BCUT2D eigenvalue weighted by molar-refractivity contribution is 5.92. The number of piperazine rings is 1. The predicted octanol–water partition coefficient (Wildman–Crippen LogP) is 2.34. The molecule has 1 unspecified atom stereocenters. The lowest BCUT2D eigenvalue weighted by Gasteiger charge is -2.54. The molecule has 0 aromatic rings. The lowest BCUT2D eigenvalue weighted by atomic mass is 9.59. The maximum atomic E-state index is 12.0. The van der Waals surface area contributed by atoms with E-state index in [9.17, 15) is 4.79 Å². The smallest absolute Gasteiger partial charge is 0.246 e. The number of likely N-dealkylation sites (tertiary alicyclic amines) is 1. The number of carbonyl (C=O) groups is 1. The van der Waals surface area contributed by atoms with Crippen molar-refractivity contribution < 1.29 is 4.79 Å². The van der Waals surface area contributed by atoms with Gasteiger partial charge in [0.25, 0.3) is 0 Å². The van der Waals surface area contributed by atoms with Crippen LogP contribution in [0.25, 0.3) is 0 Å². The fourth-order valence-electron chi connectivity index (χ4n) is 5.05. The van der Waals surface area contributed by atoms with E-state index < -0.39 is 0 Å². The molecule has 2 aliphatic heterocycles. The van der Waals surface area contributed by atoms with Crippen LogP contribution in [0.4, 0.5) is 0 Å². The molecule has 1 amide bonds. The first kappa shape index (κ1) is 20.8. The van der Waals surface area contributed by atoms with Gasteiger partial charge in [-0.1, -0.05) is 6.58 Å². The molecule has 3 rings (SSSR count). The summed E-state index contributed by atoms with van der Waals surface area (Å²) < 4.78 is 0. The van der Waals surface area contributed by atoms with Gasteiger partial charge in [0.2, 0.25) is 5.91 Å². The van der Waals surface area contributed by atoms with Crippen molar-refractivity contribution in [3.05, 3.63) is 12.2 Å². The van der Waals surface area contributed by atoms with Crippen LogP contribution in [0.1, 0.15) is 52.9 Å². The van der Waals surface area contributed by atoms with Crippen molar-refractivity contribution in [2.24, 2.45) is 5.41 Å². The molecule has 3 aliphatic rings. The topological polar surface area (TPSA) is 38.8 Å². The van der Waals surface area contributed by atoms with E-state index in [1.165, 1.54) is 78.0 Å². The molecule has 0 aromatic heterocycles. The number of nitrogens with zero attached hydrogens (tertiary/aromatic N) is 3. The van der Waals surface area contributed by atoms with E-state index in [0.29, 0.717) is 23.1 Å². The van der Waals surface area contributed by atoms with Crippen molar-refractivity contribution in [3.8, 4) is 0 Å². The molecule has 0 bridgehead atoms. The number of hydrogen-bond donors (Lipinski definition) is 1. The summed E-state index contributed by atoms with van der Waals surface area (Å²) in [6.07, 6.45) is 6.18. The largest absolute Gasteiger partial charge is 0.349 e. The molecule has 5 nitrogen and oxygen atoms in total. The first-order chi connectivity index (χ1) is 12.9. The van der Waals surface area contributed by atoms with Gasteiger partial charge in [0.1, 0.15) is 0 Å². The minimum absolute atomic E-state index is 0.0408. The Bertz CT molecular complexity index is 516. The Morgan fingerprint density at radius 2 is 1.63 bits per heavy atom. The zero-order valence-corrected chi connectivity index (χ0v) is 17.8. The highest BCUT2D eigenvalue weighted by Crippen LogP contribution is 2.49. The fourth-order valence-corrected chi connectivity index (χ4v) is 5.05. The molecule has 2 saturated heterocycles. The van der Waals surface area contributed by atoms with Crippen LogP contribution in [0.3, 0.4) is 0 Å². The summed E-state index contributed by atoms with van der Waals surface area (Å²) in [7, 11) is 0. The summed E-state index contributed by atoms with van der Waals surface area (Å²) in [5.41, 5.74) is 0.998. The number of amides is 1. The second kappa shape index (κ2) is 9.06. The summed E-state index contributed by atoms with van der Waals surface area (Å²) in [6.45, 7) is 19.9. The molecule has 1 N–H and O–H groups in total. The Morgan fingerprint density at radius 3 is 2.11 bits per heavy atom. The standard InChI is InChI=1S/C22H40N4O/c1-18(2)21(27)23-20-6-7-22(20)8-12-24(13-9-22)10-5-11-25-14-16-26(17-15-25)19(3)4/h19-20H,1,5-17H2,2-4H3,(H,23,27). The Balaban J connectivity index is 1.32. The summed E-state index contributed by atoms with van der Waals surface area (Å²) in [5, 5.41) is 3.22. The van der Waals surface area contributed by atoms with Gasteiger partial charge in [-0.15, -0.1) is 0 Å². The van der Waals surface area contributed by atoms with Gasteiger partial charge < -0.3 is 15.1 Å². The first-order valence-electron chi connectivity index (χ1n) is 11.0. The van der Waals surface area contributed by atoms with Crippen LogP contribution in [0.2, 0.25) is 0 Å². The average molecular weight is 377 g/mol. The Kier molecular flexibility index (Phi) is 6.98. The number of hydrogen-bond acceptors (Lipinski definition) is 4. The Morgan fingerprint density at radius 1 is 1.04 bits per heavy atom. The summed E-state index contributed by atoms with van der Waals surface area (Å²) in [5.74, 6) is 0.0408. The van der Waals surface area contributed by atoms with Gasteiger partial charge in [0.05, 0.1) is 0 Å². The molecule has 2 heterocycles. The van der Waals surface area contributed by atoms with Gasteiger partial charge in [-0.3, -0.25) is 9.69 Å². The normalized spacial score (nSPS) is 26.9.